The highest BCUT2D eigenvalue weighted by atomic mass is 32.2. The number of morpholine rings is 1. The van der Waals surface area contributed by atoms with Crippen LogP contribution in [0.2, 0.25) is 0 Å². The maximum absolute atomic E-state index is 12.8. The van der Waals surface area contributed by atoms with E-state index in [0.29, 0.717) is 29.9 Å². The average molecular weight is 429 g/mol. The molecular formula is C19H19N5O5S. The van der Waals surface area contributed by atoms with Crippen LogP contribution in [-0.2, 0) is 26.1 Å². The van der Waals surface area contributed by atoms with Gasteiger partial charge in [0.1, 0.15) is 12.9 Å². The van der Waals surface area contributed by atoms with E-state index in [1.807, 2.05) is 0 Å². The second-order valence-corrected chi connectivity index (χ2v) is 8.58. The summed E-state index contributed by atoms with van der Waals surface area (Å²) in [5, 5.41) is 2.94. The molecule has 10 nitrogen and oxygen atoms in total. The number of nitrogens with zero attached hydrogens (tertiary/aromatic N) is 4. The van der Waals surface area contributed by atoms with Crippen molar-refractivity contribution in [2.24, 2.45) is 0 Å². The van der Waals surface area contributed by atoms with Gasteiger partial charge < -0.3 is 10.1 Å². The van der Waals surface area contributed by atoms with E-state index in [-0.39, 0.29) is 30.1 Å². The first kappa shape index (κ1) is 20.1. The van der Waals surface area contributed by atoms with Crippen molar-refractivity contribution in [2.45, 2.75) is 11.4 Å². The maximum Gasteiger partial charge on any atom is 0.263 e. The lowest BCUT2D eigenvalue weighted by Gasteiger charge is -2.26. The fourth-order valence-corrected chi connectivity index (χ4v) is 4.59. The van der Waals surface area contributed by atoms with Gasteiger partial charge in [0.25, 0.3) is 5.56 Å². The summed E-state index contributed by atoms with van der Waals surface area (Å²) in [5.41, 5.74) is 0.241. The molecule has 1 aliphatic rings. The lowest BCUT2D eigenvalue weighted by molar-refractivity contribution is -0.116. The van der Waals surface area contributed by atoms with Crippen molar-refractivity contribution in [3.8, 4) is 0 Å². The third-order valence-electron chi connectivity index (χ3n) is 4.64. The lowest BCUT2D eigenvalue weighted by atomic mass is 10.3. The van der Waals surface area contributed by atoms with Crippen LogP contribution in [0.15, 0.2) is 58.6 Å². The molecule has 0 unspecified atom stereocenters. The predicted octanol–water partition coefficient (Wildman–Crippen LogP) is 0.451. The van der Waals surface area contributed by atoms with Crippen molar-refractivity contribution in [1.29, 1.82) is 0 Å². The highest BCUT2D eigenvalue weighted by Crippen LogP contribution is 2.20. The molecule has 0 saturated carbocycles. The third kappa shape index (κ3) is 4.08. The van der Waals surface area contributed by atoms with Crippen LogP contribution < -0.4 is 10.9 Å². The molecule has 3 aromatic rings. The largest absolute Gasteiger partial charge is 0.379 e. The van der Waals surface area contributed by atoms with Crippen molar-refractivity contribution >= 4 is 32.7 Å². The number of aromatic nitrogens is 3. The normalized spacial score (nSPS) is 15.2. The second kappa shape index (κ2) is 8.30. The van der Waals surface area contributed by atoms with Crippen LogP contribution in [0.5, 0.6) is 0 Å². The summed E-state index contributed by atoms with van der Waals surface area (Å²) in [7, 11) is -3.68. The third-order valence-corrected chi connectivity index (χ3v) is 6.53. The topological polar surface area (TPSA) is 123 Å². The standard InChI is InChI=1S/C19H19N5O5S/c25-17(12-23-13-21-18-16(19(23)26)5-2-6-20-18)22-14-3-1-4-15(11-14)30(27,28)24-7-9-29-10-8-24/h1-6,11,13H,7-10,12H2,(H,22,25). The molecule has 30 heavy (non-hydrogen) atoms. The Morgan fingerprint density at radius 3 is 2.73 bits per heavy atom. The summed E-state index contributed by atoms with van der Waals surface area (Å²) >= 11 is 0. The first-order chi connectivity index (χ1) is 14.4. The molecule has 0 radical (unpaired) electrons. The van der Waals surface area contributed by atoms with Gasteiger partial charge >= 0.3 is 0 Å². The molecule has 0 atom stereocenters. The van der Waals surface area contributed by atoms with E-state index in [1.54, 1.807) is 24.3 Å². The Morgan fingerprint density at radius 2 is 1.93 bits per heavy atom. The number of carbonyl (C=O) groups is 1. The van der Waals surface area contributed by atoms with Gasteiger partial charge in [0.15, 0.2) is 5.65 Å². The number of nitrogens with one attached hydrogen (secondary N) is 1. The number of benzene rings is 1. The monoisotopic (exact) mass is 429 g/mol. The van der Waals surface area contributed by atoms with Crippen LogP contribution in [0.1, 0.15) is 0 Å². The first-order valence-electron chi connectivity index (χ1n) is 9.23. The number of amides is 1. The number of ether oxygens (including phenoxy) is 1. The SMILES string of the molecule is O=C(Cn1cnc2ncccc2c1=O)Nc1cccc(S(=O)(=O)N2CCOCC2)c1. The number of hydrogen-bond acceptors (Lipinski definition) is 7. The Morgan fingerprint density at radius 1 is 1.13 bits per heavy atom. The van der Waals surface area contributed by atoms with Gasteiger partial charge in [0.05, 0.1) is 23.5 Å². The van der Waals surface area contributed by atoms with Gasteiger partial charge in [-0.05, 0) is 30.3 Å². The highest BCUT2D eigenvalue weighted by Gasteiger charge is 2.26. The van der Waals surface area contributed by atoms with Gasteiger partial charge in [0, 0.05) is 25.0 Å². The van der Waals surface area contributed by atoms with Crippen molar-refractivity contribution in [3.63, 3.8) is 0 Å². The van der Waals surface area contributed by atoms with Crippen LogP contribution in [-0.4, -0.2) is 59.5 Å². The van der Waals surface area contributed by atoms with Crippen molar-refractivity contribution < 1.29 is 17.9 Å². The van der Waals surface area contributed by atoms with Crippen LogP contribution in [0, 0.1) is 0 Å². The minimum atomic E-state index is -3.68. The van der Waals surface area contributed by atoms with Crippen molar-refractivity contribution in [2.75, 3.05) is 31.6 Å². The van der Waals surface area contributed by atoms with Gasteiger partial charge in [-0.3, -0.25) is 14.2 Å². The Hall–Kier alpha value is -3.15. The Bertz CT molecular complexity index is 1250. The minimum Gasteiger partial charge on any atom is -0.379 e. The van der Waals surface area contributed by atoms with Gasteiger partial charge in [-0.15, -0.1) is 0 Å². The van der Waals surface area contributed by atoms with E-state index in [9.17, 15) is 18.0 Å². The molecule has 0 aliphatic carbocycles. The zero-order valence-corrected chi connectivity index (χ0v) is 16.7. The molecule has 0 bridgehead atoms. The smallest absolute Gasteiger partial charge is 0.263 e. The number of fused-ring (bicyclic) bond motifs is 1. The summed E-state index contributed by atoms with van der Waals surface area (Å²) in [5.74, 6) is -0.483. The number of anilines is 1. The van der Waals surface area contributed by atoms with Crippen LogP contribution in [0.3, 0.4) is 0 Å². The zero-order chi connectivity index (χ0) is 21.1. The van der Waals surface area contributed by atoms with E-state index in [4.69, 9.17) is 4.74 Å². The van der Waals surface area contributed by atoms with Gasteiger partial charge in [-0.2, -0.15) is 4.31 Å². The molecule has 1 fully saturated rings. The van der Waals surface area contributed by atoms with Gasteiger partial charge in [-0.25, -0.2) is 18.4 Å². The molecular weight excluding hydrogens is 410 g/mol. The predicted molar refractivity (Wildman–Crippen MR) is 108 cm³/mol. The Labute approximate surface area is 172 Å². The van der Waals surface area contributed by atoms with Crippen molar-refractivity contribution in [1.82, 2.24) is 18.8 Å². The molecule has 3 heterocycles. The second-order valence-electron chi connectivity index (χ2n) is 6.64. The molecule has 2 aromatic heterocycles. The van der Waals surface area contributed by atoms with E-state index in [2.05, 4.69) is 15.3 Å². The minimum absolute atomic E-state index is 0.0813. The summed E-state index contributed by atoms with van der Waals surface area (Å²) in [4.78, 5) is 33.1. The zero-order valence-electron chi connectivity index (χ0n) is 15.9. The van der Waals surface area contributed by atoms with Crippen molar-refractivity contribution in [3.05, 3.63) is 59.3 Å². The summed E-state index contributed by atoms with van der Waals surface area (Å²) in [6.45, 7) is 0.994. The molecule has 1 N–H and O–H groups in total. The van der Waals surface area contributed by atoms with E-state index < -0.39 is 15.9 Å². The molecule has 0 spiro atoms. The highest BCUT2D eigenvalue weighted by molar-refractivity contribution is 7.89. The fourth-order valence-electron chi connectivity index (χ4n) is 3.14. The number of rotatable bonds is 5. The molecule has 1 aliphatic heterocycles. The van der Waals surface area contributed by atoms with Gasteiger partial charge in [-0.1, -0.05) is 6.07 Å². The quantitative estimate of drug-likeness (QED) is 0.625. The maximum atomic E-state index is 12.8. The van der Waals surface area contributed by atoms with Crippen LogP contribution in [0.4, 0.5) is 5.69 Å². The van der Waals surface area contributed by atoms with Crippen LogP contribution >= 0.6 is 0 Å². The summed E-state index contributed by atoms with van der Waals surface area (Å²) in [6, 6.07) is 9.22. The number of carbonyl (C=O) groups excluding carboxylic acids is 1. The number of hydrogen-bond donors (Lipinski definition) is 1. The Kier molecular flexibility index (Phi) is 5.57. The first-order valence-corrected chi connectivity index (χ1v) is 10.7. The Balaban J connectivity index is 1.51. The summed E-state index contributed by atoms with van der Waals surface area (Å²) in [6.07, 6.45) is 2.79. The molecule has 1 saturated heterocycles. The summed E-state index contributed by atoms with van der Waals surface area (Å²) < 4.78 is 33.3. The van der Waals surface area contributed by atoms with E-state index in [1.165, 1.54) is 33.5 Å². The molecule has 11 heteroatoms. The average Bonchev–Trinajstić information content (AvgIpc) is 2.77. The van der Waals surface area contributed by atoms with E-state index in [0.717, 1.165) is 0 Å². The van der Waals surface area contributed by atoms with Gasteiger partial charge in [0.2, 0.25) is 15.9 Å². The number of sulfonamides is 1. The van der Waals surface area contributed by atoms with Crippen LogP contribution in [0.25, 0.3) is 11.0 Å². The molecule has 1 amide bonds. The fraction of sp³-hybridized carbons (Fsp3) is 0.263. The van der Waals surface area contributed by atoms with E-state index >= 15 is 0 Å². The molecule has 156 valence electrons. The lowest BCUT2D eigenvalue weighted by Crippen LogP contribution is -2.40. The molecule has 4 rings (SSSR count). The number of pyridine rings is 1. The molecule has 1 aromatic carbocycles.